The molecule has 0 fully saturated rings. The van der Waals surface area contributed by atoms with E-state index in [0.717, 1.165) is 11.1 Å². The van der Waals surface area contributed by atoms with Crippen molar-refractivity contribution < 1.29 is 4.39 Å². The van der Waals surface area contributed by atoms with Crippen molar-refractivity contribution in [1.29, 1.82) is 0 Å². The average molecular weight is 191 g/mol. The molecule has 1 N–H and O–H groups in total. The minimum Gasteiger partial charge on any atom is -0.361 e. The molecule has 14 heavy (non-hydrogen) atoms. The second kappa shape index (κ2) is 2.84. The van der Waals surface area contributed by atoms with Crippen LogP contribution < -0.4 is 0 Å². The van der Waals surface area contributed by atoms with Gasteiger partial charge in [0.05, 0.1) is 5.52 Å². The van der Waals surface area contributed by atoms with Crippen molar-refractivity contribution in [1.82, 2.24) is 4.98 Å². The third-order valence-electron chi connectivity index (χ3n) is 2.48. The van der Waals surface area contributed by atoms with Crippen LogP contribution in [0.3, 0.4) is 0 Å². The van der Waals surface area contributed by atoms with Gasteiger partial charge in [0.2, 0.25) is 0 Å². The monoisotopic (exact) mass is 191 g/mol. The first kappa shape index (κ1) is 9.25. The Balaban J connectivity index is 2.80. The molecular formula is C12H14FN. The number of hydrogen-bond donors (Lipinski definition) is 1. The molecule has 0 aliphatic rings. The molecule has 0 unspecified atom stereocenters. The van der Waals surface area contributed by atoms with Gasteiger partial charge in [0.15, 0.2) is 0 Å². The maximum atomic E-state index is 13.4. The molecule has 0 atom stereocenters. The lowest BCUT2D eigenvalue weighted by Crippen LogP contribution is -2.11. The van der Waals surface area contributed by atoms with Gasteiger partial charge in [-0.3, -0.25) is 0 Å². The van der Waals surface area contributed by atoms with Crippen LogP contribution in [0.4, 0.5) is 4.39 Å². The lowest BCUT2D eigenvalue weighted by molar-refractivity contribution is 0.590. The smallest absolute Gasteiger partial charge is 0.132 e. The van der Waals surface area contributed by atoms with Gasteiger partial charge >= 0.3 is 0 Å². The predicted molar refractivity (Wildman–Crippen MR) is 57.0 cm³/mol. The maximum absolute atomic E-state index is 13.4. The molecule has 1 heterocycles. The van der Waals surface area contributed by atoms with Gasteiger partial charge < -0.3 is 4.98 Å². The molecule has 2 heteroatoms. The number of halogens is 1. The Labute approximate surface area is 82.9 Å². The van der Waals surface area contributed by atoms with E-state index in [9.17, 15) is 4.39 Å². The van der Waals surface area contributed by atoms with Crippen LogP contribution in [0, 0.1) is 5.82 Å². The van der Waals surface area contributed by atoms with Crippen LogP contribution in [0.15, 0.2) is 24.4 Å². The molecular weight excluding hydrogens is 177 g/mol. The molecule has 0 aliphatic carbocycles. The molecule has 1 aromatic carbocycles. The van der Waals surface area contributed by atoms with Crippen molar-refractivity contribution in [2.45, 2.75) is 26.2 Å². The maximum Gasteiger partial charge on any atom is 0.132 e. The summed E-state index contributed by atoms with van der Waals surface area (Å²) in [6.07, 6.45) is 1.78. The molecule has 0 saturated heterocycles. The first-order valence-corrected chi connectivity index (χ1v) is 4.76. The first-order valence-electron chi connectivity index (χ1n) is 4.76. The van der Waals surface area contributed by atoms with Gasteiger partial charge in [-0.25, -0.2) is 4.39 Å². The van der Waals surface area contributed by atoms with Crippen LogP contribution in [0.2, 0.25) is 0 Å². The molecule has 2 rings (SSSR count). The molecule has 0 bridgehead atoms. The normalized spacial score (nSPS) is 12.3. The molecule has 0 radical (unpaired) electrons. The lowest BCUT2D eigenvalue weighted by atomic mass is 9.86. The molecule has 2 aromatic rings. The van der Waals surface area contributed by atoms with Crippen LogP contribution in [-0.2, 0) is 5.41 Å². The van der Waals surface area contributed by atoms with Crippen molar-refractivity contribution in [3.05, 3.63) is 35.8 Å². The van der Waals surface area contributed by atoms with E-state index in [4.69, 9.17) is 0 Å². The number of H-pyrrole nitrogens is 1. The number of aromatic nitrogens is 1. The third kappa shape index (κ3) is 1.31. The van der Waals surface area contributed by atoms with E-state index in [2.05, 4.69) is 25.8 Å². The summed E-state index contributed by atoms with van der Waals surface area (Å²) >= 11 is 0. The van der Waals surface area contributed by atoms with Crippen LogP contribution in [0.1, 0.15) is 26.3 Å². The zero-order chi connectivity index (χ0) is 10.3. The van der Waals surface area contributed by atoms with Crippen molar-refractivity contribution in [3.8, 4) is 0 Å². The van der Waals surface area contributed by atoms with E-state index in [1.54, 1.807) is 12.3 Å². The Bertz CT molecular complexity index is 463. The molecule has 74 valence electrons. The van der Waals surface area contributed by atoms with Gasteiger partial charge in [0, 0.05) is 11.6 Å². The predicted octanol–water partition coefficient (Wildman–Crippen LogP) is 3.60. The summed E-state index contributed by atoms with van der Waals surface area (Å²) in [7, 11) is 0. The van der Waals surface area contributed by atoms with E-state index < -0.39 is 0 Å². The van der Waals surface area contributed by atoms with E-state index in [1.807, 2.05) is 6.07 Å². The fourth-order valence-corrected chi connectivity index (χ4v) is 1.75. The van der Waals surface area contributed by atoms with Gasteiger partial charge in [-0.05, 0) is 23.1 Å². The van der Waals surface area contributed by atoms with Crippen molar-refractivity contribution >= 4 is 10.9 Å². The minimum atomic E-state index is -0.158. The van der Waals surface area contributed by atoms with Crippen molar-refractivity contribution in [2.75, 3.05) is 0 Å². The average Bonchev–Trinajstić information content (AvgIpc) is 2.50. The Morgan fingerprint density at radius 3 is 2.50 bits per heavy atom. The van der Waals surface area contributed by atoms with Gasteiger partial charge in [0.25, 0.3) is 0 Å². The standard InChI is InChI=1S/C12H14FN/c1-12(2,3)9-4-5-10(13)8-6-7-14-11(8)9/h4-7,14H,1-3H3. The Hall–Kier alpha value is -1.31. The SMILES string of the molecule is CC(C)(C)c1ccc(F)c2cc[nH]c12. The number of rotatable bonds is 0. The largest absolute Gasteiger partial charge is 0.361 e. The topological polar surface area (TPSA) is 15.8 Å². The molecule has 1 nitrogen and oxygen atoms in total. The number of aromatic amines is 1. The molecule has 1 aromatic heterocycles. The second-order valence-corrected chi connectivity index (χ2v) is 4.61. The second-order valence-electron chi connectivity index (χ2n) is 4.61. The van der Waals surface area contributed by atoms with Gasteiger partial charge in [-0.2, -0.15) is 0 Å². The van der Waals surface area contributed by atoms with E-state index in [-0.39, 0.29) is 11.2 Å². The van der Waals surface area contributed by atoms with Crippen molar-refractivity contribution in [2.24, 2.45) is 0 Å². The number of benzene rings is 1. The number of nitrogens with one attached hydrogen (secondary N) is 1. The lowest BCUT2D eigenvalue weighted by Gasteiger charge is -2.19. The highest BCUT2D eigenvalue weighted by Gasteiger charge is 2.18. The Morgan fingerprint density at radius 1 is 1.14 bits per heavy atom. The summed E-state index contributed by atoms with van der Waals surface area (Å²) in [6.45, 7) is 6.38. The molecule has 0 spiro atoms. The fourth-order valence-electron chi connectivity index (χ4n) is 1.75. The molecule has 0 aliphatic heterocycles. The zero-order valence-corrected chi connectivity index (χ0v) is 8.69. The Kier molecular flexibility index (Phi) is 1.88. The third-order valence-corrected chi connectivity index (χ3v) is 2.48. The summed E-state index contributed by atoms with van der Waals surface area (Å²) in [6, 6.07) is 5.17. The van der Waals surface area contributed by atoms with Crippen molar-refractivity contribution in [3.63, 3.8) is 0 Å². The van der Waals surface area contributed by atoms with Gasteiger partial charge in [0.1, 0.15) is 5.82 Å². The molecule has 0 amide bonds. The highest BCUT2D eigenvalue weighted by molar-refractivity contribution is 5.84. The summed E-state index contributed by atoms with van der Waals surface area (Å²) < 4.78 is 13.4. The van der Waals surface area contributed by atoms with Gasteiger partial charge in [-0.1, -0.05) is 26.8 Å². The van der Waals surface area contributed by atoms with Crippen LogP contribution in [0.5, 0.6) is 0 Å². The van der Waals surface area contributed by atoms with Gasteiger partial charge in [-0.15, -0.1) is 0 Å². The van der Waals surface area contributed by atoms with E-state index in [1.165, 1.54) is 6.07 Å². The zero-order valence-electron chi connectivity index (χ0n) is 8.69. The fraction of sp³-hybridized carbons (Fsp3) is 0.333. The summed E-state index contributed by atoms with van der Waals surface area (Å²) in [5, 5.41) is 0.678. The summed E-state index contributed by atoms with van der Waals surface area (Å²) in [4.78, 5) is 3.10. The molecule has 0 saturated carbocycles. The highest BCUT2D eigenvalue weighted by Crippen LogP contribution is 2.30. The van der Waals surface area contributed by atoms with E-state index >= 15 is 0 Å². The highest BCUT2D eigenvalue weighted by atomic mass is 19.1. The van der Waals surface area contributed by atoms with Crippen LogP contribution in [-0.4, -0.2) is 4.98 Å². The first-order chi connectivity index (χ1) is 6.50. The Morgan fingerprint density at radius 2 is 1.86 bits per heavy atom. The number of fused-ring (bicyclic) bond motifs is 1. The van der Waals surface area contributed by atoms with Crippen LogP contribution >= 0.6 is 0 Å². The quantitative estimate of drug-likeness (QED) is 0.654. The van der Waals surface area contributed by atoms with E-state index in [0.29, 0.717) is 5.39 Å². The summed E-state index contributed by atoms with van der Waals surface area (Å²) in [5.74, 6) is -0.158. The minimum absolute atomic E-state index is 0.0385. The number of hydrogen-bond acceptors (Lipinski definition) is 0. The summed E-state index contributed by atoms with van der Waals surface area (Å²) in [5.41, 5.74) is 2.10. The van der Waals surface area contributed by atoms with Crippen LogP contribution in [0.25, 0.3) is 10.9 Å².